The third kappa shape index (κ3) is 9.54. The van der Waals surface area contributed by atoms with Crippen LogP contribution in [0.4, 0.5) is 0 Å². The molecule has 0 saturated heterocycles. The number of aryl methyl sites for hydroxylation is 3. The maximum Gasteiger partial charge on any atom is 0.190 e. The van der Waals surface area contributed by atoms with E-state index < -0.39 is 0 Å². The molecule has 7 heteroatoms. The first-order valence-electron chi connectivity index (χ1n) is 9.76. The molecule has 1 aromatic heterocycles. The van der Waals surface area contributed by atoms with Gasteiger partial charge in [-0.2, -0.15) is 5.10 Å². The van der Waals surface area contributed by atoms with Crippen molar-refractivity contribution in [3.63, 3.8) is 0 Å². The number of nitrogens with zero attached hydrogens (tertiary/aromatic N) is 3. The van der Waals surface area contributed by atoms with E-state index in [-0.39, 0.29) is 24.0 Å². The van der Waals surface area contributed by atoms with E-state index in [0.717, 1.165) is 63.8 Å². The van der Waals surface area contributed by atoms with Crippen LogP contribution in [0.2, 0.25) is 0 Å². The van der Waals surface area contributed by atoms with Gasteiger partial charge in [-0.25, -0.2) is 0 Å². The Labute approximate surface area is 186 Å². The number of nitrogens with one attached hydrogen (secondary N) is 2. The second kappa shape index (κ2) is 14.4. The fourth-order valence-corrected chi connectivity index (χ4v) is 2.88. The number of aliphatic imine (C=N–C) groups is 1. The van der Waals surface area contributed by atoms with Crippen molar-refractivity contribution in [3.05, 3.63) is 53.3 Å². The molecular weight excluding hydrogens is 465 g/mol. The second-order valence-corrected chi connectivity index (χ2v) is 6.63. The van der Waals surface area contributed by atoms with Crippen molar-refractivity contribution in [2.45, 2.75) is 39.7 Å². The molecule has 156 valence electrons. The lowest BCUT2D eigenvalue weighted by Crippen LogP contribution is -2.38. The minimum Gasteiger partial charge on any atom is -0.381 e. The van der Waals surface area contributed by atoms with Crippen LogP contribution in [-0.4, -0.2) is 49.1 Å². The topological polar surface area (TPSA) is 63.5 Å². The summed E-state index contributed by atoms with van der Waals surface area (Å²) in [6, 6.07) is 12.5. The van der Waals surface area contributed by atoms with Gasteiger partial charge in [0, 0.05) is 39.0 Å². The van der Waals surface area contributed by atoms with E-state index >= 15 is 0 Å². The third-order valence-corrected chi connectivity index (χ3v) is 4.30. The molecule has 2 N–H and O–H groups in total. The Bertz CT molecular complexity index is 687. The Kier molecular flexibility index (Phi) is 12.6. The van der Waals surface area contributed by atoms with Crippen LogP contribution in [0.25, 0.3) is 0 Å². The monoisotopic (exact) mass is 499 g/mol. The van der Waals surface area contributed by atoms with Gasteiger partial charge in [0.25, 0.3) is 0 Å². The van der Waals surface area contributed by atoms with Crippen LogP contribution < -0.4 is 10.6 Å². The van der Waals surface area contributed by atoms with E-state index in [1.54, 1.807) is 7.05 Å². The van der Waals surface area contributed by atoms with Gasteiger partial charge in [0.1, 0.15) is 0 Å². The summed E-state index contributed by atoms with van der Waals surface area (Å²) in [5.74, 6) is 0.840. The molecule has 6 nitrogen and oxygen atoms in total. The molecule has 0 aliphatic heterocycles. The summed E-state index contributed by atoms with van der Waals surface area (Å²) < 4.78 is 7.76. The highest BCUT2D eigenvalue weighted by atomic mass is 127. The fraction of sp³-hybridized carbons (Fsp3) is 0.524. The number of hydrogen-bond donors (Lipinski definition) is 2. The maximum atomic E-state index is 5.70. The van der Waals surface area contributed by atoms with Gasteiger partial charge in [-0.3, -0.25) is 9.67 Å². The highest BCUT2D eigenvalue weighted by Gasteiger charge is 2.01. The maximum absolute atomic E-state index is 5.70. The van der Waals surface area contributed by atoms with Gasteiger partial charge in [0.2, 0.25) is 0 Å². The van der Waals surface area contributed by atoms with Crippen molar-refractivity contribution >= 4 is 29.9 Å². The lowest BCUT2D eigenvalue weighted by Gasteiger charge is -2.12. The van der Waals surface area contributed by atoms with Crippen LogP contribution in [0.15, 0.2) is 41.4 Å². The molecule has 0 aliphatic rings. The van der Waals surface area contributed by atoms with Crippen LogP contribution in [0.3, 0.4) is 0 Å². The normalized spacial score (nSPS) is 11.2. The first-order valence-corrected chi connectivity index (χ1v) is 9.76. The lowest BCUT2D eigenvalue weighted by atomic mass is 10.2. The van der Waals surface area contributed by atoms with E-state index in [1.165, 1.54) is 11.3 Å². The van der Waals surface area contributed by atoms with Crippen molar-refractivity contribution in [2.75, 3.05) is 33.4 Å². The van der Waals surface area contributed by atoms with E-state index in [1.807, 2.05) is 13.0 Å². The molecule has 28 heavy (non-hydrogen) atoms. The fourth-order valence-electron chi connectivity index (χ4n) is 2.88. The van der Waals surface area contributed by atoms with Crippen molar-refractivity contribution in [1.29, 1.82) is 0 Å². The first kappa shape index (κ1) is 24.4. The quantitative estimate of drug-likeness (QED) is 0.216. The molecule has 0 bridgehead atoms. The van der Waals surface area contributed by atoms with Gasteiger partial charge < -0.3 is 15.4 Å². The number of ether oxygens (including phenoxy) is 1. The largest absolute Gasteiger partial charge is 0.381 e. The van der Waals surface area contributed by atoms with Crippen molar-refractivity contribution in [2.24, 2.45) is 4.99 Å². The number of aromatic nitrogens is 2. The molecule has 0 spiro atoms. The predicted molar refractivity (Wildman–Crippen MR) is 127 cm³/mol. The Hall–Kier alpha value is -1.61. The molecule has 0 fully saturated rings. The second-order valence-electron chi connectivity index (χ2n) is 6.63. The minimum absolute atomic E-state index is 0. The summed E-state index contributed by atoms with van der Waals surface area (Å²) in [6.45, 7) is 8.28. The van der Waals surface area contributed by atoms with Gasteiger partial charge in [-0.1, -0.05) is 30.3 Å². The highest BCUT2D eigenvalue weighted by molar-refractivity contribution is 14.0. The van der Waals surface area contributed by atoms with E-state index in [9.17, 15) is 0 Å². The number of rotatable bonds is 11. The highest BCUT2D eigenvalue weighted by Crippen LogP contribution is 2.02. The summed E-state index contributed by atoms with van der Waals surface area (Å²) in [5.41, 5.74) is 3.60. The number of halogens is 1. The summed E-state index contributed by atoms with van der Waals surface area (Å²) in [5, 5.41) is 11.2. The average molecular weight is 499 g/mol. The van der Waals surface area contributed by atoms with Crippen molar-refractivity contribution in [3.8, 4) is 0 Å². The van der Waals surface area contributed by atoms with Crippen LogP contribution in [-0.2, 0) is 17.7 Å². The zero-order valence-corrected chi connectivity index (χ0v) is 19.6. The zero-order valence-electron chi connectivity index (χ0n) is 17.3. The molecule has 0 saturated carbocycles. The molecule has 0 aliphatic carbocycles. The van der Waals surface area contributed by atoms with E-state index in [2.05, 4.69) is 62.7 Å². The van der Waals surface area contributed by atoms with Crippen LogP contribution >= 0.6 is 24.0 Å². The Balaban J connectivity index is 0.00000392. The predicted octanol–water partition coefficient (Wildman–Crippen LogP) is 3.32. The van der Waals surface area contributed by atoms with Crippen molar-refractivity contribution in [1.82, 2.24) is 20.4 Å². The summed E-state index contributed by atoms with van der Waals surface area (Å²) in [6.07, 6.45) is 2.93. The van der Waals surface area contributed by atoms with Gasteiger partial charge in [0.05, 0.1) is 12.3 Å². The Morgan fingerprint density at radius 1 is 1.07 bits per heavy atom. The number of hydrogen-bond acceptors (Lipinski definition) is 3. The standard InChI is InChI=1S/C21H33N5O.HI/c1-18-17-19(2)26(25-18)14-7-12-23-21(22-3)24-13-8-15-27-16-11-20-9-5-4-6-10-20;/h4-6,9-10,17H,7-8,11-16H2,1-3H3,(H2,22,23,24);1H. The lowest BCUT2D eigenvalue weighted by molar-refractivity contribution is 0.135. The summed E-state index contributed by atoms with van der Waals surface area (Å²) in [4.78, 5) is 4.26. The van der Waals surface area contributed by atoms with Crippen LogP contribution in [0, 0.1) is 13.8 Å². The molecule has 0 amide bonds. The zero-order chi connectivity index (χ0) is 19.3. The third-order valence-electron chi connectivity index (χ3n) is 4.30. The molecule has 1 aromatic carbocycles. The van der Waals surface area contributed by atoms with Gasteiger partial charge in [0.15, 0.2) is 5.96 Å². The average Bonchev–Trinajstić information content (AvgIpc) is 3.00. The number of guanidine groups is 1. The van der Waals surface area contributed by atoms with Crippen molar-refractivity contribution < 1.29 is 4.74 Å². The van der Waals surface area contributed by atoms with Gasteiger partial charge >= 0.3 is 0 Å². The molecular formula is C21H34IN5O. The van der Waals surface area contributed by atoms with Gasteiger partial charge in [-0.05, 0) is 44.7 Å². The molecule has 0 radical (unpaired) electrons. The Morgan fingerprint density at radius 3 is 2.43 bits per heavy atom. The van der Waals surface area contributed by atoms with E-state index in [4.69, 9.17) is 4.74 Å². The van der Waals surface area contributed by atoms with Crippen LogP contribution in [0.1, 0.15) is 29.8 Å². The minimum atomic E-state index is 0. The smallest absolute Gasteiger partial charge is 0.190 e. The van der Waals surface area contributed by atoms with Crippen LogP contribution in [0.5, 0.6) is 0 Å². The SMILES string of the molecule is CN=C(NCCCOCCc1ccccc1)NCCCn1nc(C)cc1C.I. The molecule has 2 aromatic rings. The number of benzene rings is 1. The Morgan fingerprint density at radius 2 is 1.79 bits per heavy atom. The molecule has 0 unspecified atom stereocenters. The first-order chi connectivity index (χ1) is 13.2. The summed E-state index contributed by atoms with van der Waals surface area (Å²) in [7, 11) is 1.80. The molecule has 1 heterocycles. The van der Waals surface area contributed by atoms with E-state index in [0.29, 0.717) is 0 Å². The molecule has 2 rings (SSSR count). The summed E-state index contributed by atoms with van der Waals surface area (Å²) >= 11 is 0. The molecule has 0 atom stereocenters. The van der Waals surface area contributed by atoms with Gasteiger partial charge in [-0.15, -0.1) is 24.0 Å².